The van der Waals surface area contributed by atoms with Crippen molar-refractivity contribution in [2.24, 2.45) is 0 Å². The third-order valence-corrected chi connectivity index (χ3v) is 5.16. The van der Waals surface area contributed by atoms with Crippen molar-refractivity contribution in [1.82, 2.24) is 15.1 Å². The molecule has 4 rings (SSSR count). The first kappa shape index (κ1) is 16.5. The standard InChI is InChI=1S/C21H20FN3O/c1-15-11-14-23-25(15)19-9-3-16(4-10-19)20(26)24-21(12-2-13-21)17-5-7-18(22)8-6-17/h3-11,14H,2,12-13H2,1H3,(H,24,26). The average molecular weight is 349 g/mol. The van der Waals surface area contributed by atoms with Crippen LogP contribution in [-0.4, -0.2) is 15.7 Å². The Balaban J connectivity index is 1.54. The first-order valence-electron chi connectivity index (χ1n) is 8.77. The van der Waals surface area contributed by atoms with E-state index in [1.54, 1.807) is 18.3 Å². The lowest BCUT2D eigenvalue weighted by Gasteiger charge is -2.43. The zero-order chi connectivity index (χ0) is 18.1. The molecule has 2 aromatic carbocycles. The van der Waals surface area contributed by atoms with Crippen LogP contribution in [0.25, 0.3) is 5.69 Å². The molecule has 132 valence electrons. The molecule has 5 heteroatoms. The zero-order valence-electron chi connectivity index (χ0n) is 14.6. The lowest BCUT2D eigenvalue weighted by atomic mass is 9.71. The molecule has 1 heterocycles. The summed E-state index contributed by atoms with van der Waals surface area (Å²) in [6.45, 7) is 1.98. The maximum absolute atomic E-state index is 13.2. The number of carbonyl (C=O) groups excluding carboxylic acids is 1. The highest BCUT2D eigenvalue weighted by Crippen LogP contribution is 2.41. The molecular weight excluding hydrogens is 329 g/mol. The summed E-state index contributed by atoms with van der Waals surface area (Å²) in [6, 6.07) is 15.7. The first-order chi connectivity index (χ1) is 12.6. The van der Waals surface area contributed by atoms with Gasteiger partial charge in [0.1, 0.15) is 5.82 Å². The Morgan fingerprint density at radius 1 is 1.08 bits per heavy atom. The van der Waals surface area contributed by atoms with Gasteiger partial charge >= 0.3 is 0 Å². The van der Waals surface area contributed by atoms with E-state index in [9.17, 15) is 9.18 Å². The number of nitrogens with one attached hydrogen (secondary N) is 1. The summed E-state index contributed by atoms with van der Waals surface area (Å²) >= 11 is 0. The van der Waals surface area contributed by atoms with Gasteiger partial charge in [-0.2, -0.15) is 5.10 Å². The molecule has 1 amide bonds. The summed E-state index contributed by atoms with van der Waals surface area (Å²) in [6.07, 6.45) is 4.54. The number of halogens is 1. The number of aryl methyl sites for hydroxylation is 1. The smallest absolute Gasteiger partial charge is 0.251 e. The Labute approximate surface area is 151 Å². The lowest BCUT2D eigenvalue weighted by molar-refractivity contribution is 0.0823. The molecule has 0 spiro atoms. The molecule has 0 radical (unpaired) electrons. The quantitative estimate of drug-likeness (QED) is 0.770. The van der Waals surface area contributed by atoms with Crippen molar-refractivity contribution in [3.05, 3.63) is 83.4 Å². The van der Waals surface area contributed by atoms with Gasteiger partial charge in [0.2, 0.25) is 0 Å². The predicted octanol–water partition coefficient (Wildman–Crippen LogP) is 4.13. The second-order valence-corrected chi connectivity index (χ2v) is 6.83. The SMILES string of the molecule is Cc1ccnn1-c1ccc(C(=O)NC2(c3ccc(F)cc3)CCC2)cc1. The molecule has 0 unspecified atom stereocenters. The van der Waals surface area contributed by atoms with E-state index in [0.29, 0.717) is 5.56 Å². The monoisotopic (exact) mass is 349 g/mol. The minimum atomic E-state index is -0.387. The van der Waals surface area contributed by atoms with Crippen molar-refractivity contribution >= 4 is 5.91 Å². The van der Waals surface area contributed by atoms with Crippen molar-refractivity contribution < 1.29 is 9.18 Å². The summed E-state index contributed by atoms with van der Waals surface area (Å²) in [5.74, 6) is -0.378. The van der Waals surface area contributed by atoms with Crippen LogP contribution in [0.1, 0.15) is 40.9 Å². The number of aromatic nitrogens is 2. The molecule has 1 fully saturated rings. The first-order valence-corrected chi connectivity index (χ1v) is 8.77. The Morgan fingerprint density at radius 2 is 1.77 bits per heavy atom. The number of hydrogen-bond donors (Lipinski definition) is 1. The molecule has 1 N–H and O–H groups in total. The second kappa shape index (κ2) is 6.41. The summed E-state index contributed by atoms with van der Waals surface area (Å²) in [5, 5.41) is 7.44. The number of hydrogen-bond acceptors (Lipinski definition) is 2. The fraction of sp³-hybridized carbons (Fsp3) is 0.238. The van der Waals surface area contributed by atoms with Gasteiger partial charge in [0.15, 0.2) is 0 Å². The largest absolute Gasteiger partial charge is 0.343 e. The van der Waals surface area contributed by atoms with Crippen LogP contribution in [0.15, 0.2) is 60.8 Å². The molecule has 1 aliphatic carbocycles. The van der Waals surface area contributed by atoms with Crippen LogP contribution in [0.3, 0.4) is 0 Å². The molecule has 0 bridgehead atoms. The van der Waals surface area contributed by atoms with Gasteiger partial charge < -0.3 is 5.32 Å². The van der Waals surface area contributed by atoms with Gasteiger partial charge in [-0.3, -0.25) is 4.79 Å². The highest BCUT2D eigenvalue weighted by molar-refractivity contribution is 5.95. The van der Waals surface area contributed by atoms with E-state index in [4.69, 9.17) is 0 Å². The molecule has 26 heavy (non-hydrogen) atoms. The number of amides is 1. The Bertz CT molecular complexity index is 925. The topological polar surface area (TPSA) is 46.9 Å². The third kappa shape index (κ3) is 2.90. The molecule has 3 aromatic rings. The van der Waals surface area contributed by atoms with Gasteiger partial charge in [-0.25, -0.2) is 9.07 Å². The van der Waals surface area contributed by atoms with Crippen molar-refractivity contribution in [3.63, 3.8) is 0 Å². The average Bonchev–Trinajstić information content (AvgIpc) is 3.05. The highest BCUT2D eigenvalue weighted by Gasteiger charge is 2.40. The molecular formula is C21H20FN3O. The van der Waals surface area contributed by atoms with E-state index in [0.717, 1.165) is 36.2 Å². The Hall–Kier alpha value is -2.95. The van der Waals surface area contributed by atoms with Gasteiger partial charge in [0.05, 0.1) is 11.2 Å². The lowest BCUT2D eigenvalue weighted by Crippen LogP contribution is -2.50. The fourth-order valence-corrected chi connectivity index (χ4v) is 3.47. The number of benzene rings is 2. The van der Waals surface area contributed by atoms with Gasteiger partial charge in [-0.05, 0) is 74.2 Å². The van der Waals surface area contributed by atoms with Gasteiger partial charge in [-0.1, -0.05) is 12.1 Å². The van der Waals surface area contributed by atoms with E-state index in [-0.39, 0.29) is 17.3 Å². The summed E-state index contributed by atoms with van der Waals surface area (Å²) < 4.78 is 15.0. The molecule has 0 saturated heterocycles. The molecule has 0 atom stereocenters. The Kier molecular flexibility index (Phi) is 4.07. The normalized spacial score (nSPS) is 15.3. The fourth-order valence-electron chi connectivity index (χ4n) is 3.47. The van der Waals surface area contributed by atoms with Crippen LogP contribution in [0.5, 0.6) is 0 Å². The molecule has 1 aromatic heterocycles. The summed E-state index contributed by atoms with van der Waals surface area (Å²) in [4.78, 5) is 12.8. The maximum atomic E-state index is 13.2. The minimum absolute atomic E-state index is 0.113. The van der Waals surface area contributed by atoms with Gasteiger partial charge in [0, 0.05) is 17.5 Å². The van der Waals surface area contributed by atoms with Crippen LogP contribution in [-0.2, 0) is 5.54 Å². The van der Waals surface area contributed by atoms with Crippen molar-refractivity contribution in [3.8, 4) is 5.69 Å². The molecule has 0 aliphatic heterocycles. The van der Waals surface area contributed by atoms with Crippen molar-refractivity contribution in [2.75, 3.05) is 0 Å². The molecule has 1 saturated carbocycles. The molecule has 1 aliphatic rings. The van der Waals surface area contributed by atoms with Crippen LogP contribution < -0.4 is 5.32 Å². The van der Waals surface area contributed by atoms with Gasteiger partial charge in [0.25, 0.3) is 5.91 Å². The molecule has 4 nitrogen and oxygen atoms in total. The van der Waals surface area contributed by atoms with Crippen LogP contribution in [0, 0.1) is 12.7 Å². The van der Waals surface area contributed by atoms with Crippen LogP contribution in [0.4, 0.5) is 4.39 Å². The third-order valence-electron chi connectivity index (χ3n) is 5.16. The van der Waals surface area contributed by atoms with E-state index in [1.807, 2.05) is 41.9 Å². The number of carbonyl (C=O) groups is 1. The van der Waals surface area contributed by atoms with E-state index in [1.165, 1.54) is 12.1 Å². The van der Waals surface area contributed by atoms with Crippen molar-refractivity contribution in [2.45, 2.75) is 31.7 Å². The van der Waals surface area contributed by atoms with Crippen LogP contribution >= 0.6 is 0 Å². The summed E-state index contributed by atoms with van der Waals surface area (Å²) in [7, 11) is 0. The summed E-state index contributed by atoms with van der Waals surface area (Å²) in [5.41, 5.74) is 3.13. The predicted molar refractivity (Wildman–Crippen MR) is 97.7 cm³/mol. The second-order valence-electron chi connectivity index (χ2n) is 6.83. The minimum Gasteiger partial charge on any atom is -0.343 e. The Morgan fingerprint density at radius 3 is 2.31 bits per heavy atom. The van der Waals surface area contributed by atoms with Crippen LogP contribution in [0.2, 0.25) is 0 Å². The number of nitrogens with zero attached hydrogens (tertiary/aromatic N) is 2. The number of rotatable bonds is 4. The highest BCUT2D eigenvalue weighted by atomic mass is 19.1. The zero-order valence-corrected chi connectivity index (χ0v) is 14.6. The maximum Gasteiger partial charge on any atom is 0.251 e. The van der Waals surface area contributed by atoms with Gasteiger partial charge in [-0.15, -0.1) is 0 Å². The van der Waals surface area contributed by atoms with E-state index in [2.05, 4.69) is 10.4 Å². The van der Waals surface area contributed by atoms with Crippen molar-refractivity contribution in [1.29, 1.82) is 0 Å². The van der Waals surface area contributed by atoms with E-state index < -0.39 is 0 Å². The van der Waals surface area contributed by atoms with E-state index >= 15 is 0 Å².